The molecule has 12 heavy (non-hydrogen) atoms. The molecular formula is C8H11FN2O. The van der Waals surface area contributed by atoms with Crippen molar-refractivity contribution in [2.75, 3.05) is 18.9 Å². The average Bonchev–Trinajstić information content (AvgIpc) is 2.03. The van der Waals surface area contributed by atoms with Crippen molar-refractivity contribution < 1.29 is 9.13 Å². The van der Waals surface area contributed by atoms with Gasteiger partial charge in [-0.15, -0.1) is 0 Å². The molecule has 3 nitrogen and oxygen atoms in total. The van der Waals surface area contributed by atoms with Crippen molar-refractivity contribution in [3.05, 3.63) is 24.0 Å². The fraction of sp³-hybridized carbons (Fsp3) is 0.250. The van der Waals surface area contributed by atoms with Crippen LogP contribution in [-0.4, -0.2) is 13.2 Å². The van der Waals surface area contributed by atoms with Gasteiger partial charge in [-0.05, 0) is 12.1 Å². The van der Waals surface area contributed by atoms with E-state index in [0.717, 1.165) is 0 Å². The van der Waals surface area contributed by atoms with Crippen LogP contribution in [0.4, 0.5) is 10.1 Å². The molecule has 1 rings (SSSR count). The molecule has 0 saturated carbocycles. The number of halogens is 1. The number of benzene rings is 1. The molecule has 66 valence electrons. The lowest BCUT2D eigenvalue weighted by atomic mass is 10.3. The van der Waals surface area contributed by atoms with Crippen molar-refractivity contribution in [1.29, 1.82) is 0 Å². The largest absolute Gasteiger partial charge is 0.489 e. The van der Waals surface area contributed by atoms with E-state index >= 15 is 0 Å². The van der Waals surface area contributed by atoms with Crippen molar-refractivity contribution in [3.63, 3.8) is 0 Å². The van der Waals surface area contributed by atoms with Gasteiger partial charge >= 0.3 is 0 Å². The quantitative estimate of drug-likeness (QED) is 0.658. The smallest absolute Gasteiger partial charge is 0.167 e. The number of nitrogen functional groups attached to an aromatic ring is 1. The molecule has 4 heteroatoms. The highest BCUT2D eigenvalue weighted by Crippen LogP contribution is 2.18. The van der Waals surface area contributed by atoms with Gasteiger partial charge in [0, 0.05) is 18.3 Å². The second-order valence-corrected chi connectivity index (χ2v) is 2.33. The van der Waals surface area contributed by atoms with Gasteiger partial charge in [0.05, 0.1) is 0 Å². The van der Waals surface area contributed by atoms with Crippen LogP contribution in [0.15, 0.2) is 18.2 Å². The lowest BCUT2D eigenvalue weighted by Crippen LogP contribution is -2.11. The summed E-state index contributed by atoms with van der Waals surface area (Å²) < 4.78 is 17.9. The highest BCUT2D eigenvalue weighted by Gasteiger charge is 2.01. The molecular weight excluding hydrogens is 159 g/mol. The van der Waals surface area contributed by atoms with Gasteiger partial charge in [-0.25, -0.2) is 4.39 Å². The minimum Gasteiger partial charge on any atom is -0.489 e. The molecule has 1 aromatic rings. The molecule has 0 amide bonds. The highest BCUT2D eigenvalue weighted by atomic mass is 19.1. The summed E-state index contributed by atoms with van der Waals surface area (Å²) >= 11 is 0. The third kappa shape index (κ3) is 2.10. The second-order valence-electron chi connectivity index (χ2n) is 2.33. The predicted molar refractivity (Wildman–Crippen MR) is 45.4 cm³/mol. The fourth-order valence-electron chi connectivity index (χ4n) is 0.803. The number of hydrogen-bond acceptors (Lipinski definition) is 3. The molecule has 0 aliphatic rings. The SMILES string of the molecule is NCCOc1ccc(N)cc1F. The van der Waals surface area contributed by atoms with E-state index in [1.54, 1.807) is 6.07 Å². The molecule has 0 bridgehead atoms. The fourth-order valence-corrected chi connectivity index (χ4v) is 0.803. The van der Waals surface area contributed by atoms with Crippen LogP contribution in [0.3, 0.4) is 0 Å². The first-order valence-corrected chi connectivity index (χ1v) is 3.62. The van der Waals surface area contributed by atoms with Crippen LogP contribution in [-0.2, 0) is 0 Å². The Labute approximate surface area is 70.1 Å². The van der Waals surface area contributed by atoms with E-state index < -0.39 is 5.82 Å². The van der Waals surface area contributed by atoms with E-state index in [0.29, 0.717) is 18.8 Å². The second kappa shape index (κ2) is 3.92. The predicted octanol–water partition coefficient (Wildman–Crippen LogP) is 0.745. The Morgan fingerprint density at radius 2 is 2.17 bits per heavy atom. The maximum absolute atomic E-state index is 12.9. The topological polar surface area (TPSA) is 61.3 Å². The van der Waals surface area contributed by atoms with Crippen LogP contribution >= 0.6 is 0 Å². The van der Waals surface area contributed by atoms with Crippen molar-refractivity contribution in [3.8, 4) is 5.75 Å². The summed E-state index contributed by atoms with van der Waals surface area (Å²) in [4.78, 5) is 0. The molecule has 0 radical (unpaired) electrons. The summed E-state index contributed by atoms with van der Waals surface area (Å²) in [6.45, 7) is 0.671. The van der Waals surface area contributed by atoms with Gasteiger partial charge in [0.2, 0.25) is 0 Å². The van der Waals surface area contributed by atoms with Gasteiger partial charge in [0.1, 0.15) is 6.61 Å². The minimum absolute atomic E-state index is 0.189. The molecule has 0 fully saturated rings. The van der Waals surface area contributed by atoms with Crippen LogP contribution in [0.25, 0.3) is 0 Å². The number of nitrogens with two attached hydrogens (primary N) is 2. The van der Waals surface area contributed by atoms with Crippen molar-refractivity contribution in [1.82, 2.24) is 0 Å². The van der Waals surface area contributed by atoms with Gasteiger partial charge in [-0.3, -0.25) is 0 Å². The highest BCUT2D eigenvalue weighted by molar-refractivity contribution is 5.42. The number of rotatable bonds is 3. The zero-order chi connectivity index (χ0) is 8.97. The maximum atomic E-state index is 12.9. The minimum atomic E-state index is -0.455. The molecule has 0 spiro atoms. The van der Waals surface area contributed by atoms with Crippen LogP contribution in [0, 0.1) is 5.82 Å². The van der Waals surface area contributed by atoms with E-state index in [4.69, 9.17) is 16.2 Å². The third-order valence-corrected chi connectivity index (χ3v) is 1.33. The Bertz CT molecular complexity index is 265. The van der Waals surface area contributed by atoms with Gasteiger partial charge in [-0.2, -0.15) is 0 Å². The molecule has 0 aliphatic carbocycles. The lowest BCUT2D eigenvalue weighted by molar-refractivity contribution is 0.311. The van der Waals surface area contributed by atoms with E-state index in [-0.39, 0.29) is 5.75 Å². The molecule has 0 unspecified atom stereocenters. The van der Waals surface area contributed by atoms with E-state index in [1.165, 1.54) is 12.1 Å². The Balaban J connectivity index is 2.72. The van der Waals surface area contributed by atoms with Crippen LogP contribution in [0.1, 0.15) is 0 Å². The summed E-state index contributed by atoms with van der Waals surface area (Å²) in [5, 5.41) is 0. The number of ether oxygens (including phenoxy) is 1. The van der Waals surface area contributed by atoms with Gasteiger partial charge in [-0.1, -0.05) is 0 Å². The number of anilines is 1. The Morgan fingerprint density at radius 3 is 2.75 bits per heavy atom. The van der Waals surface area contributed by atoms with Crippen molar-refractivity contribution >= 4 is 5.69 Å². The summed E-state index contributed by atoms with van der Waals surface area (Å²) in [6, 6.07) is 4.28. The summed E-state index contributed by atoms with van der Waals surface area (Å²) in [7, 11) is 0. The molecule has 4 N–H and O–H groups in total. The molecule has 1 aromatic carbocycles. The number of hydrogen-bond donors (Lipinski definition) is 2. The zero-order valence-corrected chi connectivity index (χ0v) is 6.59. The first kappa shape index (κ1) is 8.80. The van der Waals surface area contributed by atoms with Gasteiger partial charge < -0.3 is 16.2 Å². The van der Waals surface area contributed by atoms with E-state index in [9.17, 15) is 4.39 Å². The summed E-state index contributed by atoms with van der Waals surface area (Å²) in [5.74, 6) is -0.266. The van der Waals surface area contributed by atoms with Crippen LogP contribution < -0.4 is 16.2 Å². The van der Waals surface area contributed by atoms with Crippen LogP contribution in [0.2, 0.25) is 0 Å². The molecule has 0 saturated heterocycles. The van der Waals surface area contributed by atoms with Gasteiger partial charge in [0.15, 0.2) is 11.6 Å². The molecule has 0 heterocycles. The maximum Gasteiger partial charge on any atom is 0.167 e. The normalized spacial score (nSPS) is 9.83. The summed E-state index contributed by atoms with van der Waals surface area (Å²) in [6.07, 6.45) is 0. The average molecular weight is 170 g/mol. The first-order valence-electron chi connectivity index (χ1n) is 3.62. The Hall–Kier alpha value is -1.29. The standard InChI is InChI=1S/C8H11FN2O/c9-7-5-6(11)1-2-8(7)12-4-3-10/h1-2,5H,3-4,10-11H2. The third-order valence-electron chi connectivity index (χ3n) is 1.33. The van der Waals surface area contributed by atoms with E-state index in [2.05, 4.69) is 0 Å². The first-order chi connectivity index (χ1) is 5.74. The van der Waals surface area contributed by atoms with Gasteiger partial charge in [0.25, 0.3) is 0 Å². The zero-order valence-electron chi connectivity index (χ0n) is 6.59. The molecule has 0 aliphatic heterocycles. The Kier molecular flexibility index (Phi) is 2.88. The van der Waals surface area contributed by atoms with Crippen LogP contribution in [0.5, 0.6) is 5.75 Å². The van der Waals surface area contributed by atoms with E-state index in [1.807, 2.05) is 0 Å². The monoisotopic (exact) mass is 170 g/mol. The van der Waals surface area contributed by atoms with Crippen molar-refractivity contribution in [2.45, 2.75) is 0 Å². The summed E-state index contributed by atoms with van der Waals surface area (Å²) in [5.41, 5.74) is 10.9. The van der Waals surface area contributed by atoms with Crippen molar-refractivity contribution in [2.24, 2.45) is 5.73 Å². The Morgan fingerprint density at radius 1 is 1.42 bits per heavy atom. The molecule has 0 aromatic heterocycles. The lowest BCUT2D eigenvalue weighted by Gasteiger charge is -2.05. The molecule has 0 atom stereocenters.